The fourth-order valence-corrected chi connectivity index (χ4v) is 2.84. The van der Waals surface area contributed by atoms with Gasteiger partial charge >= 0.3 is 0 Å². The lowest BCUT2D eigenvalue weighted by Gasteiger charge is -2.15. The van der Waals surface area contributed by atoms with Gasteiger partial charge in [0.1, 0.15) is 6.54 Å². The van der Waals surface area contributed by atoms with Gasteiger partial charge in [0.25, 0.3) is 17.7 Å². The number of amides is 4. The van der Waals surface area contributed by atoms with Crippen molar-refractivity contribution in [2.24, 2.45) is 0 Å². The van der Waals surface area contributed by atoms with Crippen molar-refractivity contribution in [3.05, 3.63) is 64.2 Å². The zero-order valence-electron chi connectivity index (χ0n) is 13.7. The number of hydrogen-bond acceptors (Lipinski definition) is 4. The number of carbonyl (C=O) groups excluding carboxylic acids is 4. The molecule has 26 heavy (non-hydrogen) atoms. The Morgan fingerprint density at radius 3 is 2.23 bits per heavy atom. The summed E-state index contributed by atoms with van der Waals surface area (Å²) in [7, 11) is 1.46. The van der Waals surface area contributed by atoms with Crippen molar-refractivity contribution in [2.45, 2.75) is 0 Å². The summed E-state index contributed by atoms with van der Waals surface area (Å²) in [6, 6.07) is 10.8. The first-order valence-corrected chi connectivity index (χ1v) is 8.07. The van der Waals surface area contributed by atoms with E-state index in [1.807, 2.05) is 0 Å². The van der Waals surface area contributed by atoms with Crippen molar-refractivity contribution in [3.63, 3.8) is 0 Å². The van der Waals surface area contributed by atoms with Gasteiger partial charge in [0.15, 0.2) is 0 Å². The summed E-state index contributed by atoms with van der Waals surface area (Å²) >= 11 is 5.92. The molecule has 132 valence electrons. The predicted octanol–water partition coefficient (Wildman–Crippen LogP) is 1.93. The van der Waals surface area contributed by atoms with Crippen LogP contribution in [-0.2, 0) is 4.79 Å². The lowest BCUT2D eigenvalue weighted by Crippen LogP contribution is -2.37. The van der Waals surface area contributed by atoms with Crippen LogP contribution in [0.25, 0.3) is 0 Å². The molecular formula is C18H14ClN3O4. The molecule has 1 heterocycles. The number of anilines is 1. The number of nitrogens with zero attached hydrogens (tertiary/aromatic N) is 1. The number of imide groups is 1. The highest BCUT2D eigenvalue weighted by atomic mass is 35.5. The molecule has 3 rings (SSSR count). The van der Waals surface area contributed by atoms with Gasteiger partial charge in [-0.3, -0.25) is 24.1 Å². The Morgan fingerprint density at radius 1 is 1.04 bits per heavy atom. The van der Waals surface area contributed by atoms with Crippen LogP contribution in [-0.4, -0.2) is 42.1 Å². The van der Waals surface area contributed by atoms with Crippen LogP contribution in [0.3, 0.4) is 0 Å². The third-order valence-electron chi connectivity index (χ3n) is 3.91. The maximum absolute atomic E-state index is 12.4. The monoisotopic (exact) mass is 371 g/mol. The van der Waals surface area contributed by atoms with Gasteiger partial charge in [-0.25, -0.2) is 0 Å². The lowest BCUT2D eigenvalue weighted by atomic mass is 10.1. The van der Waals surface area contributed by atoms with E-state index in [2.05, 4.69) is 10.6 Å². The van der Waals surface area contributed by atoms with Crippen molar-refractivity contribution in [3.8, 4) is 0 Å². The fourth-order valence-electron chi connectivity index (χ4n) is 2.67. The quantitative estimate of drug-likeness (QED) is 0.803. The Hall–Kier alpha value is -3.19. The van der Waals surface area contributed by atoms with Crippen LogP contribution in [0.4, 0.5) is 5.69 Å². The van der Waals surface area contributed by atoms with E-state index in [9.17, 15) is 19.2 Å². The summed E-state index contributed by atoms with van der Waals surface area (Å²) in [4.78, 5) is 49.7. The highest BCUT2D eigenvalue weighted by Gasteiger charge is 2.36. The van der Waals surface area contributed by atoms with E-state index in [1.54, 1.807) is 12.1 Å². The second-order valence-corrected chi connectivity index (χ2v) is 6.00. The van der Waals surface area contributed by atoms with Crippen LogP contribution < -0.4 is 10.6 Å². The van der Waals surface area contributed by atoms with E-state index in [0.29, 0.717) is 5.02 Å². The number of rotatable bonds is 4. The summed E-state index contributed by atoms with van der Waals surface area (Å²) in [6.07, 6.45) is 0. The number of hydrogen-bond donors (Lipinski definition) is 2. The summed E-state index contributed by atoms with van der Waals surface area (Å²) in [6.45, 7) is -0.466. The molecular weight excluding hydrogens is 358 g/mol. The second-order valence-electron chi connectivity index (χ2n) is 5.56. The van der Waals surface area contributed by atoms with Gasteiger partial charge in [-0.2, -0.15) is 0 Å². The molecule has 0 spiro atoms. The van der Waals surface area contributed by atoms with Crippen molar-refractivity contribution in [2.75, 3.05) is 18.9 Å². The van der Waals surface area contributed by atoms with Gasteiger partial charge in [-0.15, -0.1) is 0 Å². The first-order chi connectivity index (χ1) is 12.4. The van der Waals surface area contributed by atoms with Crippen LogP contribution in [0.5, 0.6) is 0 Å². The smallest absolute Gasteiger partial charge is 0.262 e. The van der Waals surface area contributed by atoms with Gasteiger partial charge < -0.3 is 10.6 Å². The summed E-state index contributed by atoms with van der Waals surface area (Å²) in [5, 5.41) is 5.32. The number of benzene rings is 2. The zero-order valence-corrected chi connectivity index (χ0v) is 14.5. The van der Waals surface area contributed by atoms with Crippen LogP contribution in [0.2, 0.25) is 5.02 Å². The number of nitrogens with one attached hydrogen (secondary N) is 2. The first-order valence-electron chi connectivity index (χ1n) is 7.69. The normalized spacial score (nSPS) is 12.8. The highest BCUT2D eigenvalue weighted by molar-refractivity contribution is 6.31. The van der Waals surface area contributed by atoms with Crippen LogP contribution in [0.1, 0.15) is 31.1 Å². The maximum atomic E-state index is 12.4. The van der Waals surface area contributed by atoms with Gasteiger partial charge in [0.2, 0.25) is 5.91 Å². The molecule has 2 aromatic carbocycles. The molecule has 0 saturated carbocycles. The van der Waals surface area contributed by atoms with Gasteiger partial charge in [0.05, 0.1) is 22.4 Å². The number of carbonyl (C=O) groups is 4. The van der Waals surface area contributed by atoms with Crippen molar-refractivity contribution in [1.29, 1.82) is 0 Å². The van der Waals surface area contributed by atoms with Gasteiger partial charge in [-0.1, -0.05) is 23.7 Å². The van der Waals surface area contributed by atoms with Gasteiger partial charge in [0, 0.05) is 12.1 Å². The van der Waals surface area contributed by atoms with E-state index >= 15 is 0 Å². The molecule has 0 unspecified atom stereocenters. The molecule has 2 aromatic rings. The Balaban J connectivity index is 1.79. The second kappa shape index (κ2) is 6.97. The minimum Gasteiger partial charge on any atom is -0.355 e. The summed E-state index contributed by atoms with van der Waals surface area (Å²) in [5.74, 6) is -2.08. The van der Waals surface area contributed by atoms with Crippen molar-refractivity contribution >= 4 is 40.9 Å². The zero-order chi connectivity index (χ0) is 18.8. The molecule has 0 aromatic heterocycles. The van der Waals surface area contributed by atoms with E-state index in [4.69, 9.17) is 11.6 Å². The van der Waals surface area contributed by atoms with E-state index in [1.165, 1.54) is 37.4 Å². The fraction of sp³-hybridized carbons (Fsp3) is 0.111. The lowest BCUT2D eigenvalue weighted by molar-refractivity contribution is -0.116. The minimum absolute atomic E-state index is 0.193. The largest absolute Gasteiger partial charge is 0.355 e. The van der Waals surface area contributed by atoms with Crippen LogP contribution >= 0.6 is 11.6 Å². The molecule has 1 aliphatic rings. The molecule has 0 fully saturated rings. The maximum Gasteiger partial charge on any atom is 0.262 e. The molecule has 4 amide bonds. The number of halogens is 1. The summed E-state index contributed by atoms with van der Waals surface area (Å²) in [5.41, 5.74) is 0.935. The van der Waals surface area contributed by atoms with Crippen molar-refractivity contribution < 1.29 is 19.2 Å². The average Bonchev–Trinajstić information content (AvgIpc) is 2.86. The Labute approximate surface area is 153 Å². The molecule has 0 aliphatic carbocycles. The third-order valence-corrected chi connectivity index (χ3v) is 4.14. The minimum atomic E-state index is -0.619. The predicted molar refractivity (Wildman–Crippen MR) is 95.3 cm³/mol. The molecule has 0 radical (unpaired) electrons. The van der Waals surface area contributed by atoms with Gasteiger partial charge in [-0.05, 0) is 30.3 Å². The standard InChI is InChI=1S/C18H14ClN3O4/c1-20-16(24)13-7-6-10(19)8-14(13)21-15(23)9-22-17(25)11-4-2-3-5-12(11)18(22)26/h2-8H,9H2,1H3,(H,20,24)(H,21,23). The number of fused-ring (bicyclic) bond motifs is 1. The molecule has 1 aliphatic heterocycles. The van der Waals surface area contributed by atoms with E-state index < -0.39 is 30.2 Å². The van der Waals surface area contributed by atoms with E-state index in [-0.39, 0.29) is 22.4 Å². The van der Waals surface area contributed by atoms with Crippen molar-refractivity contribution in [1.82, 2.24) is 10.2 Å². The molecule has 0 bridgehead atoms. The highest BCUT2D eigenvalue weighted by Crippen LogP contribution is 2.24. The summed E-state index contributed by atoms with van der Waals surface area (Å²) < 4.78 is 0. The Morgan fingerprint density at radius 2 is 1.65 bits per heavy atom. The molecule has 0 saturated heterocycles. The topological polar surface area (TPSA) is 95.6 Å². The molecule has 7 nitrogen and oxygen atoms in total. The Bertz CT molecular complexity index is 907. The molecule has 8 heteroatoms. The SMILES string of the molecule is CNC(=O)c1ccc(Cl)cc1NC(=O)CN1C(=O)c2ccccc2C1=O. The molecule has 2 N–H and O–H groups in total. The molecule has 0 atom stereocenters. The average molecular weight is 372 g/mol. The Kier molecular flexibility index (Phi) is 4.73. The van der Waals surface area contributed by atoms with Crippen LogP contribution in [0.15, 0.2) is 42.5 Å². The van der Waals surface area contributed by atoms with E-state index in [0.717, 1.165) is 4.90 Å². The third kappa shape index (κ3) is 3.16. The first kappa shape index (κ1) is 17.6. The van der Waals surface area contributed by atoms with Crippen LogP contribution in [0, 0.1) is 0 Å².